The van der Waals surface area contributed by atoms with Crippen LogP contribution < -0.4 is 0 Å². The van der Waals surface area contributed by atoms with E-state index < -0.39 is 0 Å². The Balaban J connectivity index is 2.41. The van der Waals surface area contributed by atoms with E-state index in [-0.39, 0.29) is 0 Å². The minimum atomic E-state index is 0.384. The molecule has 102 valence electrons. The summed E-state index contributed by atoms with van der Waals surface area (Å²) < 4.78 is 3.14. The average Bonchev–Trinajstić information content (AvgIpc) is 2.84. The highest BCUT2D eigenvalue weighted by atomic mass is 127. The standard InChI is InChI=1S/C14H12ClIN4/c1-7-5-4-6-10(11(7)16)13-18-19-14-12(15)17-8(2)9(3)20(13)14/h4-6H,1-3H3. The Labute approximate surface area is 135 Å². The van der Waals surface area contributed by atoms with Crippen molar-refractivity contribution in [3.63, 3.8) is 0 Å². The molecular weight excluding hydrogens is 387 g/mol. The summed E-state index contributed by atoms with van der Waals surface area (Å²) >= 11 is 8.51. The SMILES string of the molecule is Cc1cccc(-c2nnc3c(Cl)nc(C)c(C)n23)c1I. The summed E-state index contributed by atoms with van der Waals surface area (Å²) in [6, 6.07) is 6.16. The highest BCUT2D eigenvalue weighted by molar-refractivity contribution is 14.1. The molecule has 2 aromatic heterocycles. The number of aryl methyl sites for hydroxylation is 3. The zero-order valence-corrected chi connectivity index (χ0v) is 14.2. The number of hydrogen-bond donors (Lipinski definition) is 0. The first-order valence-corrected chi connectivity index (χ1v) is 7.59. The molecule has 0 saturated carbocycles. The molecule has 0 spiro atoms. The van der Waals surface area contributed by atoms with E-state index in [0.29, 0.717) is 10.8 Å². The van der Waals surface area contributed by atoms with Gasteiger partial charge in [0.05, 0.1) is 5.69 Å². The molecule has 2 heterocycles. The molecule has 0 aliphatic carbocycles. The van der Waals surface area contributed by atoms with Gasteiger partial charge < -0.3 is 0 Å². The fraction of sp³-hybridized carbons (Fsp3) is 0.214. The van der Waals surface area contributed by atoms with Crippen LogP contribution in [0.5, 0.6) is 0 Å². The molecule has 0 bridgehead atoms. The molecule has 4 nitrogen and oxygen atoms in total. The maximum absolute atomic E-state index is 6.17. The Morgan fingerprint density at radius 2 is 1.90 bits per heavy atom. The van der Waals surface area contributed by atoms with E-state index in [4.69, 9.17) is 11.6 Å². The molecular formula is C14H12ClIN4. The molecule has 0 aliphatic heterocycles. The number of rotatable bonds is 1. The number of hydrogen-bond acceptors (Lipinski definition) is 3. The van der Waals surface area contributed by atoms with E-state index in [2.05, 4.69) is 50.8 Å². The van der Waals surface area contributed by atoms with Crippen molar-refractivity contribution in [2.75, 3.05) is 0 Å². The predicted octanol–water partition coefficient (Wildman–Crippen LogP) is 3.97. The number of halogens is 2. The first-order chi connectivity index (χ1) is 9.50. The summed E-state index contributed by atoms with van der Waals surface area (Å²) in [5.41, 5.74) is 4.76. The van der Waals surface area contributed by atoms with Gasteiger partial charge in [-0.25, -0.2) is 4.98 Å². The molecule has 0 radical (unpaired) electrons. The van der Waals surface area contributed by atoms with Crippen LogP contribution in [0.2, 0.25) is 5.15 Å². The third-order valence-corrected chi connectivity index (χ3v) is 5.09. The monoisotopic (exact) mass is 398 g/mol. The van der Waals surface area contributed by atoms with E-state index in [0.717, 1.165) is 22.8 Å². The van der Waals surface area contributed by atoms with E-state index in [1.54, 1.807) is 0 Å². The number of aromatic nitrogens is 4. The highest BCUT2D eigenvalue weighted by Crippen LogP contribution is 2.29. The van der Waals surface area contributed by atoms with E-state index in [1.807, 2.05) is 30.4 Å². The fourth-order valence-electron chi connectivity index (χ4n) is 2.17. The zero-order valence-electron chi connectivity index (χ0n) is 11.3. The van der Waals surface area contributed by atoms with Crippen molar-refractivity contribution in [1.29, 1.82) is 0 Å². The third kappa shape index (κ3) is 2.00. The lowest BCUT2D eigenvalue weighted by Crippen LogP contribution is -2.01. The van der Waals surface area contributed by atoms with Crippen LogP contribution >= 0.6 is 34.2 Å². The molecule has 3 rings (SSSR count). The van der Waals surface area contributed by atoms with Crippen molar-refractivity contribution in [3.8, 4) is 11.4 Å². The number of fused-ring (bicyclic) bond motifs is 1. The molecule has 0 atom stereocenters. The van der Waals surface area contributed by atoms with Gasteiger partial charge in [-0.15, -0.1) is 10.2 Å². The molecule has 1 aromatic carbocycles. The van der Waals surface area contributed by atoms with Gasteiger partial charge in [-0.2, -0.15) is 0 Å². The van der Waals surface area contributed by atoms with Crippen LogP contribution in [0, 0.1) is 24.3 Å². The van der Waals surface area contributed by atoms with E-state index >= 15 is 0 Å². The maximum Gasteiger partial charge on any atom is 0.199 e. The second kappa shape index (κ2) is 4.96. The maximum atomic E-state index is 6.17. The summed E-state index contributed by atoms with van der Waals surface area (Å²) in [4.78, 5) is 4.29. The third-order valence-electron chi connectivity index (χ3n) is 3.41. The zero-order chi connectivity index (χ0) is 14.4. The number of benzene rings is 1. The fourth-order valence-corrected chi connectivity index (χ4v) is 3.02. The Hall–Kier alpha value is -1.21. The molecule has 20 heavy (non-hydrogen) atoms. The Kier molecular flexibility index (Phi) is 3.41. The Bertz CT molecular complexity index is 826. The van der Waals surface area contributed by atoms with Crippen molar-refractivity contribution < 1.29 is 0 Å². The summed E-state index contributed by atoms with van der Waals surface area (Å²) in [7, 11) is 0. The quantitative estimate of drug-likeness (QED) is 0.583. The smallest absolute Gasteiger partial charge is 0.199 e. The topological polar surface area (TPSA) is 43.1 Å². The molecule has 0 aliphatic rings. The molecule has 0 unspecified atom stereocenters. The van der Waals surface area contributed by atoms with Gasteiger partial charge in [0.1, 0.15) is 0 Å². The van der Waals surface area contributed by atoms with Gasteiger partial charge >= 0.3 is 0 Å². The largest absolute Gasteiger partial charge is 0.275 e. The van der Waals surface area contributed by atoms with Gasteiger partial charge in [0.15, 0.2) is 16.6 Å². The van der Waals surface area contributed by atoms with Gasteiger partial charge in [-0.3, -0.25) is 4.40 Å². The minimum absolute atomic E-state index is 0.384. The van der Waals surface area contributed by atoms with Gasteiger partial charge in [0.2, 0.25) is 0 Å². The second-order valence-electron chi connectivity index (χ2n) is 4.69. The molecule has 3 aromatic rings. The summed E-state index contributed by atoms with van der Waals surface area (Å²) in [6.07, 6.45) is 0. The lowest BCUT2D eigenvalue weighted by atomic mass is 10.1. The first kappa shape index (κ1) is 13.8. The van der Waals surface area contributed by atoms with Crippen LogP contribution in [-0.2, 0) is 0 Å². The molecule has 0 fully saturated rings. The van der Waals surface area contributed by atoms with Crippen LogP contribution in [0.4, 0.5) is 0 Å². The molecule has 0 N–H and O–H groups in total. The lowest BCUT2D eigenvalue weighted by Gasteiger charge is -2.09. The van der Waals surface area contributed by atoms with Crippen LogP contribution in [0.1, 0.15) is 17.0 Å². The second-order valence-corrected chi connectivity index (χ2v) is 6.13. The summed E-state index contributed by atoms with van der Waals surface area (Å²) in [5.74, 6) is 0.804. The van der Waals surface area contributed by atoms with Crippen LogP contribution in [0.25, 0.3) is 17.0 Å². The van der Waals surface area contributed by atoms with Gasteiger partial charge in [0, 0.05) is 14.8 Å². The van der Waals surface area contributed by atoms with Crippen LogP contribution in [0.3, 0.4) is 0 Å². The van der Waals surface area contributed by atoms with Crippen molar-refractivity contribution in [1.82, 2.24) is 19.6 Å². The van der Waals surface area contributed by atoms with Crippen molar-refractivity contribution in [3.05, 3.63) is 43.9 Å². The molecule has 0 amide bonds. The van der Waals surface area contributed by atoms with Crippen LogP contribution in [-0.4, -0.2) is 19.6 Å². The average molecular weight is 399 g/mol. The summed E-state index contributed by atoms with van der Waals surface area (Å²) in [5, 5.41) is 8.88. The van der Waals surface area contributed by atoms with Gasteiger partial charge in [-0.05, 0) is 48.9 Å². The van der Waals surface area contributed by atoms with Gasteiger partial charge in [-0.1, -0.05) is 29.8 Å². The Morgan fingerprint density at radius 3 is 2.65 bits per heavy atom. The minimum Gasteiger partial charge on any atom is -0.275 e. The normalized spacial score (nSPS) is 11.2. The van der Waals surface area contributed by atoms with E-state index in [9.17, 15) is 0 Å². The molecule has 6 heteroatoms. The first-order valence-electron chi connectivity index (χ1n) is 6.14. The number of nitrogens with zero attached hydrogens (tertiary/aromatic N) is 4. The molecule has 0 saturated heterocycles. The van der Waals surface area contributed by atoms with Crippen LogP contribution in [0.15, 0.2) is 18.2 Å². The van der Waals surface area contributed by atoms with Crippen molar-refractivity contribution in [2.24, 2.45) is 0 Å². The highest BCUT2D eigenvalue weighted by Gasteiger charge is 2.17. The van der Waals surface area contributed by atoms with Gasteiger partial charge in [0.25, 0.3) is 0 Å². The lowest BCUT2D eigenvalue weighted by molar-refractivity contribution is 0.999. The van der Waals surface area contributed by atoms with Crippen molar-refractivity contribution >= 4 is 39.8 Å². The summed E-state index contributed by atoms with van der Waals surface area (Å²) in [6.45, 7) is 6.02. The van der Waals surface area contributed by atoms with E-state index in [1.165, 1.54) is 9.13 Å². The Morgan fingerprint density at radius 1 is 1.15 bits per heavy atom. The van der Waals surface area contributed by atoms with Crippen molar-refractivity contribution in [2.45, 2.75) is 20.8 Å². The predicted molar refractivity (Wildman–Crippen MR) is 88.2 cm³/mol.